The molecule has 2 aromatic carbocycles. The summed E-state index contributed by atoms with van der Waals surface area (Å²) in [5.41, 5.74) is -0.634. The number of carbonyl (C=O) groups excluding carboxylic acids is 1. The first kappa shape index (κ1) is 27.1. The molecule has 4 N–H and O–H groups in total. The molecule has 0 saturated carbocycles. The normalized spacial score (nSPS) is 12.6. The zero-order chi connectivity index (χ0) is 23.5. The molecule has 0 saturated heterocycles. The maximum Gasteiger partial charge on any atom is 0.470 e. The Balaban J connectivity index is 0.00000233. The van der Waals surface area contributed by atoms with E-state index in [1.807, 2.05) is 56.3 Å². The number of urea groups is 1. The van der Waals surface area contributed by atoms with Gasteiger partial charge in [0.2, 0.25) is 0 Å². The summed E-state index contributed by atoms with van der Waals surface area (Å²) in [7, 11) is -4.77. The first-order chi connectivity index (χ1) is 14.6. The molecule has 0 aliphatic rings. The summed E-state index contributed by atoms with van der Waals surface area (Å²) < 4.78 is 16.6. The third kappa shape index (κ3) is 8.99. The molecule has 1 atom stereocenters. The van der Waals surface area contributed by atoms with Crippen LogP contribution in [0.15, 0.2) is 42.5 Å². The summed E-state index contributed by atoms with van der Waals surface area (Å²) >= 11 is 0. The fourth-order valence-corrected chi connectivity index (χ4v) is 4.14. The molecular formula is C23H37N2O5P. The molecule has 2 rings (SSSR count). The molecule has 1 unspecified atom stereocenters. The zero-order valence-electron chi connectivity index (χ0n) is 19.2. The fourth-order valence-electron chi connectivity index (χ4n) is 3.42. The number of unbranched alkanes of at least 4 members (excludes halogenated alkanes) is 3. The Morgan fingerprint density at radius 1 is 1.06 bits per heavy atom. The number of hydrogen-bond acceptors (Lipinski definition) is 3. The molecule has 0 heterocycles. The lowest BCUT2D eigenvalue weighted by Gasteiger charge is -2.35. The van der Waals surface area contributed by atoms with Crippen LogP contribution >= 0.6 is 7.82 Å². The van der Waals surface area contributed by atoms with Crippen molar-refractivity contribution in [1.29, 1.82) is 0 Å². The maximum absolute atomic E-state index is 12.5. The van der Waals surface area contributed by atoms with E-state index in [2.05, 4.69) is 17.6 Å². The van der Waals surface area contributed by atoms with Gasteiger partial charge in [-0.1, -0.05) is 82.5 Å². The standard InChI is InChI=1S/C21H31N2O5P.C2H6/c1-4-5-6-9-15-22-20(24)23-19(21(2,3)28-29(25,26)27)18-14-10-12-16-11-7-8-13-17(16)18;1-2/h7-8,10-14,19H,4-6,9,15H2,1-3H3,(H2,22,23,24)(H2,25,26,27);1-2H3. The molecule has 31 heavy (non-hydrogen) atoms. The number of hydrogen-bond donors (Lipinski definition) is 4. The number of fused-ring (bicyclic) bond motifs is 1. The zero-order valence-corrected chi connectivity index (χ0v) is 20.1. The predicted molar refractivity (Wildman–Crippen MR) is 126 cm³/mol. The predicted octanol–water partition coefficient (Wildman–Crippen LogP) is 5.67. The third-order valence-corrected chi connectivity index (χ3v) is 5.48. The van der Waals surface area contributed by atoms with Gasteiger partial charge < -0.3 is 20.4 Å². The van der Waals surface area contributed by atoms with Crippen molar-refractivity contribution in [2.24, 2.45) is 0 Å². The van der Waals surface area contributed by atoms with Crippen molar-refractivity contribution in [3.05, 3.63) is 48.0 Å². The second kappa shape index (κ2) is 12.8. The van der Waals surface area contributed by atoms with E-state index in [1.165, 1.54) is 0 Å². The first-order valence-corrected chi connectivity index (χ1v) is 12.5. The van der Waals surface area contributed by atoms with E-state index in [4.69, 9.17) is 4.52 Å². The number of phosphoric ester groups is 1. The second-order valence-corrected chi connectivity index (χ2v) is 8.81. The molecule has 0 bridgehead atoms. The van der Waals surface area contributed by atoms with Gasteiger partial charge in [-0.15, -0.1) is 0 Å². The highest BCUT2D eigenvalue weighted by atomic mass is 31.2. The quantitative estimate of drug-likeness (QED) is 0.274. The van der Waals surface area contributed by atoms with Crippen molar-refractivity contribution in [3.63, 3.8) is 0 Å². The Morgan fingerprint density at radius 3 is 2.35 bits per heavy atom. The van der Waals surface area contributed by atoms with Gasteiger partial charge in [-0.05, 0) is 36.6 Å². The fraction of sp³-hybridized carbons (Fsp3) is 0.522. The van der Waals surface area contributed by atoms with Gasteiger partial charge in [-0.3, -0.25) is 4.52 Å². The van der Waals surface area contributed by atoms with E-state index in [-0.39, 0.29) is 0 Å². The monoisotopic (exact) mass is 452 g/mol. The van der Waals surface area contributed by atoms with Crippen LogP contribution in [0.1, 0.15) is 71.9 Å². The van der Waals surface area contributed by atoms with Gasteiger partial charge in [0.05, 0.1) is 11.6 Å². The number of phosphoric acid groups is 1. The molecule has 0 aliphatic heterocycles. The van der Waals surface area contributed by atoms with E-state index in [0.717, 1.165) is 42.0 Å². The maximum atomic E-state index is 12.5. The van der Waals surface area contributed by atoms with Gasteiger partial charge in [-0.25, -0.2) is 9.36 Å². The minimum absolute atomic E-state index is 0.401. The van der Waals surface area contributed by atoms with E-state index in [9.17, 15) is 19.1 Å². The lowest BCUT2D eigenvalue weighted by atomic mass is 9.88. The molecule has 2 aromatic rings. The average Bonchev–Trinajstić information content (AvgIpc) is 2.71. The van der Waals surface area contributed by atoms with Crippen LogP contribution in [-0.4, -0.2) is 28.0 Å². The van der Waals surface area contributed by atoms with Crippen molar-refractivity contribution in [1.82, 2.24) is 10.6 Å². The molecule has 7 nitrogen and oxygen atoms in total. The minimum Gasteiger partial charge on any atom is -0.338 e. The van der Waals surface area contributed by atoms with Crippen LogP contribution < -0.4 is 10.6 Å². The first-order valence-electron chi connectivity index (χ1n) is 10.9. The van der Waals surface area contributed by atoms with Crippen LogP contribution in [0.25, 0.3) is 10.8 Å². The van der Waals surface area contributed by atoms with Crippen molar-refractivity contribution < 1.29 is 23.7 Å². The van der Waals surface area contributed by atoms with Crippen molar-refractivity contribution in [3.8, 4) is 0 Å². The van der Waals surface area contributed by atoms with Crippen molar-refractivity contribution >= 4 is 24.6 Å². The number of nitrogens with one attached hydrogen (secondary N) is 2. The highest BCUT2D eigenvalue weighted by Crippen LogP contribution is 2.46. The van der Waals surface area contributed by atoms with Crippen LogP contribution in [-0.2, 0) is 9.09 Å². The van der Waals surface area contributed by atoms with E-state index >= 15 is 0 Å². The number of carbonyl (C=O) groups is 1. The summed E-state index contributed by atoms with van der Waals surface area (Å²) in [5.74, 6) is 0. The molecule has 174 valence electrons. The van der Waals surface area contributed by atoms with Crippen LogP contribution in [0.3, 0.4) is 0 Å². The minimum atomic E-state index is -4.77. The number of rotatable bonds is 10. The number of benzene rings is 2. The topological polar surface area (TPSA) is 108 Å². The van der Waals surface area contributed by atoms with Crippen LogP contribution in [0, 0.1) is 0 Å². The molecule has 0 fully saturated rings. The summed E-state index contributed by atoms with van der Waals surface area (Å²) in [6.07, 6.45) is 4.15. The Morgan fingerprint density at radius 2 is 1.71 bits per heavy atom. The summed E-state index contributed by atoms with van der Waals surface area (Å²) in [6.45, 7) is 9.77. The molecule has 0 aliphatic carbocycles. The van der Waals surface area contributed by atoms with Gasteiger partial charge >= 0.3 is 13.9 Å². The summed E-state index contributed by atoms with van der Waals surface area (Å²) in [5, 5.41) is 7.53. The molecule has 0 aromatic heterocycles. The highest BCUT2D eigenvalue weighted by molar-refractivity contribution is 7.46. The lowest BCUT2D eigenvalue weighted by Crippen LogP contribution is -2.47. The van der Waals surface area contributed by atoms with Crippen LogP contribution in [0.2, 0.25) is 0 Å². The van der Waals surface area contributed by atoms with Crippen LogP contribution in [0.5, 0.6) is 0 Å². The number of amides is 2. The van der Waals surface area contributed by atoms with Crippen molar-refractivity contribution in [2.75, 3.05) is 6.54 Å². The van der Waals surface area contributed by atoms with E-state index in [1.54, 1.807) is 13.8 Å². The summed E-state index contributed by atoms with van der Waals surface area (Å²) in [6, 6.07) is 12.1. The molecule has 8 heteroatoms. The van der Waals surface area contributed by atoms with Crippen LogP contribution in [0.4, 0.5) is 4.79 Å². The Kier molecular flexibility index (Phi) is 11.2. The third-order valence-electron chi connectivity index (χ3n) is 4.78. The SMILES string of the molecule is CC.CCCCCCNC(=O)NC(c1cccc2ccccc12)C(C)(C)OP(=O)(O)O. The Hall–Kier alpha value is -1.92. The van der Waals surface area contributed by atoms with E-state index in [0.29, 0.717) is 6.54 Å². The van der Waals surface area contributed by atoms with Gasteiger partial charge in [0.1, 0.15) is 0 Å². The van der Waals surface area contributed by atoms with Crippen molar-refractivity contribution in [2.45, 2.75) is 71.9 Å². The Labute approximate surface area is 185 Å². The lowest BCUT2D eigenvalue weighted by molar-refractivity contribution is 0.0342. The van der Waals surface area contributed by atoms with Gasteiger partial charge in [0.15, 0.2) is 0 Å². The second-order valence-electron chi connectivity index (χ2n) is 7.65. The van der Waals surface area contributed by atoms with Gasteiger partial charge in [-0.2, -0.15) is 0 Å². The van der Waals surface area contributed by atoms with E-state index < -0.39 is 25.5 Å². The smallest absolute Gasteiger partial charge is 0.338 e. The highest BCUT2D eigenvalue weighted by Gasteiger charge is 2.39. The van der Waals surface area contributed by atoms with Gasteiger partial charge in [0.25, 0.3) is 0 Å². The molecule has 0 spiro atoms. The molecule has 2 amide bonds. The van der Waals surface area contributed by atoms with Gasteiger partial charge in [0, 0.05) is 6.54 Å². The molecular weight excluding hydrogens is 415 g/mol. The Bertz CT molecular complexity index is 861. The largest absolute Gasteiger partial charge is 0.470 e. The molecule has 0 radical (unpaired) electrons. The average molecular weight is 453 g/mol. The summed E-state index contributed by atoms with van der Waals surface area (Å²) in [4.78, 5) is 31.3.